The van der Waals surface area contributed by atoms with E-state index in [-0.39, 0.29) is 5.82 Å². The van der Waals surface area contributed by atoms with Crippen LogP contribution in [-0.2, 0) is 7.05 Å². The molecule has 0 aromatic carbocycles. The van der Waals surface area contributed by atoms with Gasteiger partial charge in [-0.25, -0.2) is 0 Å². The molecule has 0 unspecified atom stereocenters. The summed E-state index contributed by atoms with van der Waals surface area (Å²) in [5.74, 6) is -0.116. The Labute approximate surface area is 51.1 Å². The van der Waals surface area contributed by atoms with Crippen LogP contribution in [0.4, 0.5) is 5.82 Å². The summed E-state index contributed by atoms with van der Waals surface area (Å²) in [6.07, 6.45) is 1.26. The normalized spacial score (nSPS) is 9.44. The van der Waals surface area contributed by atoms with Crippen LogP contribution in [-0.4, -0.2) is 14.7 Å². The first-order chi connectivity index (χ1) is 4.22. The van der Waals surface area contributed by atoms with Crippen molar-refractivity contribution in [3.05, 3.63) is 22.4 Å². The lowest BCUT2D eigenvalue weighted by atomic mass is 10.7. The van der Waals surface area contributed by atoms with Gasteiger partial charge in [-0.05, 0) is 4.92 Å². The molecule has 0 spiro atoms. The minimum absolute atomic E-state index is 0.116. The zero-order valence-corrected chi connectivity index (χ0v) is 4.74. The summed E-state index contributed by atoms with van der Waals surface area (Å²) in [7, 11) is 1.49. The maximum absolute atomic E-state index is 10.00. The van der Waals surface area contributed by atoms with Crippen LogP contribution < -0.4 is 0 Å². The molecule has 0 aliphatic carbocycles. The Kier molecular flexibility index (Phi) is 1.18. The molecule has 1 aromatic heterocycles. The molecule has 9 heavy (non-hydrogen) atoms. The molecule has 5 nitrogen and oxygen atoms in total. The van der Waals surface area contributed by atoms with Crippen molar-refractivity contribution < 1.29 is 4.92 Å². The second kappa shape index (κ2) is 1.85. The largest absolute Gasteiger partial charge is 0.358 e. The summed E-state index contributed by atoms with van der Waals surface area (Å²) >= 11 is 0. The van der Waals surface area contributed by atoms with Crippen molar-refractivity contribution in [2.75, 3.05) is 0 Å². The molecule has 1 rings (SSSR count). The van der Waals surface area contributed by atoms with Crippen molar-refractivity contribution in [3.63, 3.8) is 0 Å². The van der Waals surface area contributed by atoms with Gasteiger partial charge in [-0.15, -0.1) is 4.68 Å². The highest BCUT2D eigenvalue weighted by molar-refractivity contribution is 5.12. The zero-order chi connectivity index (χ0) is 6.85. The second-order valence-electron chi connectivity index (χ2n) is 1.49. The van der Waals surface area contributed by atoms with E-state index < -0.39 is 4.92 Å². The third kappa shape index (κ3) is 0.883. The van der Waals surface area contributed by atoms with Crippen molar-refractivity contribution in [2.24, 2.45) is 7.05 Å². The smallest absolute Gasteiger partial charge is 0.352 e. The standard InChI is InChI=1S/C4H4N3O2/c1-6-4(7(8)9)2-3-5-6/h3H,1H3. The Morgan fingerprint density at radius 3 is 2.89 bits per heavy atom. The fourth-order valence-corrected chi connectivity index (χ4v) is 0.492. The first-order valence-electron chi connectivity index (χ1n) is 2.26. The molecule has 0 aliphatic heterocycles. The van der Waals surface area contributed by atoms with E-state index in [2.05, 4.69) is 11.2 Å². The van der Waals surface area contributed by atoms with Crippen molar-refractivity contribution in [1.82, 2.24) is 9.78 Å². The monoisotopic (exact) mass is 126 g/mol. The molecule has 0 bridgehead atoms. The van der Waals surface area contributed by atoms with Crippen LogP contribution in [0.3, 0.4) is 0 Å². The van der Waals surface area contributed by atoms with Crippen molar-refractivity contribution in [3.8, 4) is 0 Å². The Morgan fingerprint density at radius 2 is 2.67 bits per heavy atom. The number of aryl methyl sites for hydroxylation is 1. The highest BCUT2D eigenvalue weighted by Crippen LogP contribution is 2.04. The van der Waals surface area contributed by atoms with Gasteiger partial charge in [-0.2, -0.15) is 0 Å². The van der Waals surface area contributed by atoms with Crippen LogP contribution in [0.1, 0.15) is 0 Å². The summed E-state index contributed by atoms with van der Waals surface area (Å²) in [5.41, 5.74) is 0. The molecule has 1 heterocycles. The Hall–Kier alpha value is -1.39. The minimum atomic E-state index is -0.535. The predicted octanol–water partition coefficient (Wildman–Crippen LogP) is 0.128. The van der Waals surface area contributed by atoms with Crippen LogP contribution in [0.2, 0.25) is 0 Å². The van der Waals surface area contributed by atoms with Gasteiger partial charge < -0.3 is 10.1 Å². The highest BCUT2D eigenvalue weighted by Gasteiger charge is 2.07. The van der Waals surface area contributed by atoms with Crippen molar-refractivity contribution in [2.45, 2.75) is 0 Å². The average molecular weight is 126 g/mol. The summed E-state index contributed by atoms with van der Waals surface area (Å²) in [5, 5.41) is 13.6. The van der Waals surface area contributed by atoms with E-state index in [1.54, 1.807) is 0 Å². The fourth-order valence-electron chi connectivity index (χ4n) is 0.492. The Bertz CT molecular complexity index is 229. The van der Waals surface area contributed by atoms with Gasteiger partial charge in [0.2, 0.25) is 0 Å². The van der Waals surface area contributed by atoms with Crippen molar-refractivity contribution in [1.29, 1.82) is 0 Å². The van der Waals surface area contributed by atoms with Crippen molar-refractivity contribution >= 4 is 5.82 Å². The SMILES string of the molecule is Cn1nc[c]c1[N+](=O)[O-]. The first-order valence-corrected chi connectivity index (χ1v) is 2.26. The summed E-state index contributed by atoms with van der Waals surface area (Å²) in [4.78, 5) is 9.46. The van der Waals surface area contributed by atoms with Gasteiger partial charge in [0.1, 0.15) is 13.1 Å². The molecule has 0 saturated carbocycles. The van der Waals surface area contributed by atoms with Crippen LogP contribution in [0.15, 0.2) is 6.20 Å². The van der Waals surface area contributed by atoms with Gasteiger partial charge in [0.05, 0.1) is 6.20 Å². The third-order valence-corrected chi connectivity index (χ3v) is 0.904. The number of nitro groups is 1. The fraction of sp³-hybridized carbons (Fsp3) is 0.250. The maximum atomic E-state index is 10.00. The molecule has 5 heteroatoms. The predicted molar refractivity (Wildman–Crippen MR) is 28.7 cm³/mol. The quantitative estimate of drug-likeness (QED) is 0.397. The van der Waals surface area contributed by atoms with Gasteiger partial charge >= 0.3 is 5.82 Å². The summed E-state index contributed by atoms with van der Waals surface area (Å²) in [6.45, 7) is 0. The van der Waals surface area contributed by atoms with Gasteiger partial charge in [-0.1, -0.05) is 5.10 Å². The average Bonchev–Trinajstić information content (AvgIpc) is 2.13. The van der Waals surface area contributed by atoms with Crippen LogP contribution in [0.5, 0.6) is 0 Å². The number of nitrogens with zero attached hydrogens (tertiary/aromatic N) is 3. The van der Waals surface area contributed by atoms with Gasteiger partial charge in [0.25, 0.3) is 0 Å². The van der Waals surface area contributed by atoms with E-state index in [1.807, 2.05) is 0 Å². The van der Waals surface area contributed by atoms with Crippen LogP contribution in [0, 0.1) is 16.2 Å². The highest BCUT2D eigenvalue weighted by atomic mass is 16.6. The minimum Gasteiger partial charge on any atom is -0.358 e. The number of hydrogen-bond acceptors (Lipinski definition) is 3. The Balaban J connectivity index is 3.08. The summed E-state index contributed by atoms with van der Waals surface area (Å²) in [6, 6.07) is 2.36. The lowest BCUT2D eigenvalue weighted by Gasteiger charge is -1.88. The molecule has 1 aromatic rings. The molecule has 0 N–H and O–H groups in total. The van der Waals surface area contributed by atoms with E-state index in [9.17, 15) is 10.1 Å². The molecule has 0 atom stereocenters. The second-order valence-corrected chi connectivity index (χ2v) is 1.49. The van der Waals surface area contributed by atoms with E-state index in [4.69, 9.17) is 0 Å². The molecular weight excluding hydrogens is 122 g/mol. The van der Waals surface area contributed by atoms with Gasteiger partial charge in [0.15, 0.2) is 0 Å². The molecule has 0 fully saturated rings. The van der Waals surface area contributed by atoms with Crippen LogP contribution >= 0.6 is 0 Å². The van der Waals surface area contributed by atoms with Gasteiger partial charge in [0, 0.05) is 0 Å². The van der Waals surface area contributed by atoms with E-state index in [1.165, 1.54) is 13.2 Å². The van der Waals surface area contributed by atoms with E-state index in [0.29, 0.717) is 0 Å². The van der Waals surface area contributed by atoms with Crippen LogP contribution in [0.25, 0.3) is 0 Å². The van der Waals surface area contributed by atoms with E-state index in [0.717, 1.165) is 4.68 Å². The lowest BCUT2D eigenvalue weighted by Crippen LogP contribution is -1.97. The number of hydrogen-bond donors (Lipinski definition) is 0. The molecular formula is C4H4N3O2. The lowest BCUT2D eigenvalue weighted by molar-refractivity contribution is -0.392. The number of aromatic nitrogens is 2. The van der Waals surface area contributed by atoms with Gasteiger partial charge in [-0.3, -0.25) is 0 Å². The Morgan fingerprint density at radius 1 is 2.00 bits per heavy atom. The molecule has 0 amide bonds. The molecule has 47 valence electrons. The topological polar surface area (TPSA) is 61.0 Å². The van der Waals surface area contributed by atoms with E-state index >= 15 is 0 Å². The summed E-state index contributed by atoms with van der Waals surface area (Å²) < 4.78 is 1.15. The maximum Gasteiger partial charge on any atom is 0.352 e. The first kappa shape index (κ1) is 5.74. The zero-order valence-electron chi connectivity index (χ0n) is 4.74. The molecule has 1 radical (unpaired) electrons. The number of rotatable bonds is 1. The third-order valence-electron chi connectivity index (χ3n) is 0.904. The molecule has 0 aliphatic rings. The molecule has 0 saturated heterocycles.